The van der Waals surface area contributed by atoms with Crippen LogP contribution in [0.25, 0.3) is 0 Å². The van der Waals surface area contributed by atoms with Crippen LogP contribution >= 0.6 is 0 Å². The molecule has 28 heavy (non-hydrogen) atoms. The van der Waals surface area contributed by atoms with E-state index < -0.39 is 0 Å². The molecule has 1 unspecified atom stereocenters. The van der Waals surface area contributed by atoms with Crippen LogP contribution in [-0.4, -0.2) is 24.8 Å². The molecule has 2 aromatic rings. The van der Waals surface area contributed by atoms with Gasteiger partial charge in [0.2, 0.25) is 5.75 Å². The zero-order valence-corrected chi connectivity index (χ0v) is 17.5. The van der Waals surface area contributed by atoms with Gasteiger partial charge in [-0.1, -0.05) is 41.5 Å². The second kappa shape index (κ2) is 6.54. The predicted octanol–water partition coefficient (Wildman–Crippen LogP) is 3.71. The average Bonchev–Trinajstić information content (AvgIpc) is 2.64. The summed E-state index contributed by atoms with van der Waals surface area (Å²) in [6.07, 6.45) is 3.50. The van der Waals surface area contributed by atoms with Gasteiger partial charge >= 0.3 is 12.1 Å². The Morgan fingerprint density at radius 1 is 1.00 bits per heavy atom. The van der Waals surface area contributed by atoms with E-state index in [2.05, 4.69) is 52.6 Å². The summed E-state index contributed by atoms with van der Waals surface area (Å²) in [5.41, 5.74) is 2.15. The Hall–Kier alpha value is -2.50. The first-order chi connectivity index (χ1) is 13.1. The van der Waals surface area contributed by atoms with Crippen LogP contribution in [0.5, 0.6) is 23.3 Å². The molecule has 0 bridgehead atoms. The minimum Gasteiger partial charge on any atom is -0.481 e. The monoisotopic (exact) mass is 385 g/mol. The molecular formula is C22H29N2O4+. The lowest BCUT2D eigenvalue weighted by atomic mass is 9.87. The predicted molar refractivity (Wildman–Crippen MR) is 104 cm³/mol. The molecule has 0 saturated carbocycles. The molecule has 0 radical (unpaired) electrons. The zero-order valence-electron chi connectivity index (χ0n) is 17.5. The number of fused-ring (bicyclic) bond motifs is 2. The summed E-state index contributed by atoms with van der Waals surface area (Å²) in [5.74, 6) is 2.66. The minimum absolute atomic E-state index is 0.0179. The molecule has 2 aliphatic rings. The SMILES string of the molecule is CC(C)(C)c1cnc2c(c1)OC([n+]1ccc(C(C)(C)C)c3c1OCCO3)CO2. The third kappa shape index (κ3) is 3.36. The van der Waals surface area contributed by atoms with Crippen molar-refractivity contribution in [2.75, 3.05) is 19.8 Å². The normalized spacial score (nSPS) is 18.7. The highest BCUT2D eigenvalue weighted by Crippen LogP contribution is 2.40. The highest BCUT2D eigenvalue weighted by molar-refractivity contribution is 5.43. The van der Waals surface area contributed by atoms with Gasteiger partial charge in [0, 0.05) is 17.8 Å². The van der Waals surface area contributed by atoms with Crippen LogP contribution in [-0.2, 0) is 10.8 Å². The molecule has 4 heterocycles. The molecule has 0 aromatic carbocycles. The van der Waals surface area contributed by atoms with Crippen molar-refractivity contribution in [3.63, 3.8) is 0 Å². The van der Waals surface area contributed by atoms with Gasteiger partial charge in [0.25, 0.3) is 5.88 Å². The minimum atomic E-state index is -0.353. The lowest BCUT2D eigenvalue weighted by Gasteiger charge is -2.28. The highest BCUT2D eigenvalue weighted by Gasteiger charge is 2.38. The van der Waals surface area contributed by atoms with Crippen LogP contribution in [0.3, 0.4) is 0 Å². The van der Waals surface area contributed by atoms with E-state index in [1.54, 1.807) is 0 Å². The number of rotatable bonds is 1. The number of pyridine rings is 2. The fourth-order valence-corrected chi connectivity index (χ4v) is 3.41. The quantitative estimate of drug-likeness (QED) is 0.701. The topological polar surface area (TPSA) is 53.7 Å². The van der Waals surface area contributed by atoms with Crippen LogP contribution in [0.1, 0.15) is 58.9 Å². The maximum atomic E-state index is 6.29. The Morgan fingerprint density at radius 2 is 1.75 bits per heavy atom. The molecular weight excluding hydrogens is 356 g/mol. The molecule has 0 fully saturated rings. The Balaban J connectivity index is 1.71. The van der Waals surface area contributed by atoms with E-state index in [9.17, 15) is 0 Å². The Morgan fingerprint density at radius 3 is 2.46 bits per heavy atom. The van der Waals surface area contributed by atoms with E-state index in [1.807, 2.05) is 23.0 Å². The summed E-state index contributed by atoms with van der Waals surface area (Å²) in [5, 5.41) is 0. The summed E-state index contributed by atoms with van der Waals surface area (Å²) < 4.78 is 26.1. The van der Waals surface area contributed by atoms with Crippen LogP contribution in [0.4, 0.5) is 0 Å². The van der Waals surface area contributed by atoms with Crippen LogP contribution in [0, 0.1) is 0 Å². The number of aromatic nitrogens is 2. The number of hydrogen-bond acceptors (Lipinski definition) is 5. The standard InChI is InChI=1S/C22H29N2O4/c1-21(2,3)14-11-16-19(23-12-14)27-13-17(28-16)24-8-7-15(22(4,5)6)18-20(24)26-10-9-25-18/h7-8,11-12,17H,9-10,13H2,1-6H3/q+1. The lowest BCUT2D eigenvalue weighted by Crippen LogP contribution is -2.49. The third-order valence-corrected chi connectivity index (χ3v) is 5.07. The molecule has 150 valence electrons. The number of hydrogen-bond donors (Lipinski definition) is 0. The lowest BCUT2D eigenvalue weighted by molar-refractivity contribution is -0.760. The zero-order chi connectivity index (χ0) is 20.1. The summed E-state index contributed by atoms with van der Waals surface area (Å²) in [7, 11) is 0. The average molecular weight is 385 g/mol. The summed E-state index contributed by atoms with van der Waals surface area (Å²) >= 11 is 0. The van der Waals surface area contributed by atoms with Crippen molar-refractivity contribution in [1.29, 1.82) is 0 Å². The van der Waals surface area contributed by atoms with Gasteiger partial charge in [-0.3, -0.25) is 0 Å². The largest absolute Gasteiger partial charge is 0.481 e. The van der Waals surface area contributed by atoms with E-state index in [-0.39, 0.29) is 17.1 Å². The van der Waals surface area contributed by atoms with Crippen molar-refractivity contribution < 1.29 is 23.5 Å². The van der Waals surface area contributed by atoms with Crippen molar-refractivity contribution in [2.24, 2.45) is 0 Å². The van der Waals surface area contributed by atoms with Crippen LogP contribution < -0.4 is 23.5 Å². The van der Waals surface area contributed by atoms with Crippen molar-refractivity contribution in [3.05, 3.63) is 35.7 Å². The first kappa shape index (κ1) is 18.8. The van der Waals surface area contributed by atoms with Crippen molar-refractivity contribution >= 4 is 0 Å². The van der Waals surface area contributed by atoms with Gasteiger partial charge in [-0.25, -0.2) is 4.98 Å². The van der Waals surface area contributed by atoms with E-state index in [0.717, 1.165) is 16.9 Å². The van der Waals surface area contributed by atoms with Crippen molar-refractivity contribution in [1.82, 2.24) is 4.98 Å². The first-order valence-corrected chi connectivity index (χ1v) is 9.79. The molecule has 2 aliphatic heterocycles. The molecule has 0 spiro atoms. The number of nitrogens with zero attached hydrogens (tertiary/aromatic N) is 2. The van der Waals surface area contributed by atoms with Gasteiger partial charge in [0.05, 0.1) is 0 Å². The van der Waals surface area contributed by atoms with Crippen molar-refractivity contribution in [3.8, 4) is 23.3 Å². The van der Waals surface area contributed by atoms with E-state index in [4.69, 9.17) is 18.9 Å². The summed E-state index contributed by atoms with van der Waals surface area (Å²) in [4.78, 5) is 4.44. The second-order valence-electron chi connectivity index (χ2n) is 9.38. The van der Waals surface area contributed by atoms with Gasteiger partial charge < -0.3 is 18.9 Å². The Labute approximate surface area is 166 Å². The van der Waals surface area contributed by atoms with Crippen LogP contribution in [0.15, 0.2) is 24.5 Å². The van der Waals surface area contributed by atoms with Gasteiger partial charge in [-0.2, -0.15) is 0 Å². The first-order valence-electron chi connectivity index (χ1n) is 9.79. The maximum Gasteiger partial charge on any atom is 0.415 e. The molecule has 0 N–H and O–H groups in total. The third-order valence-electron chi connectivity index (χ3n) is 5.07. The van der Waals surface area contributed by atoms with E-state index in [1.165, 1.54) is 0 Å². The fourth-order valence-electron chi connectivity index (χ4n) is 3.41. The molecule has 0 saturated heterocycles. The second-order valence-corrected chi connectivity index (χ2v) is 9.38. The van der Waals surface area contributed by atoms with E-state index in [0.29, 0.717) is 37.3 Å². The summed E-state index contributed by atoms with van der Waals surface area (Å²) in [6, 6.07) is 4.10. The van der Waals surface area contributed by atoms with Gasteiger partial charge in [-0.15, -0.1) is 4.57 Å². The summed E-state index contributed by atoms with van der Waals surface area (Å²) in [6.45, 7) is 14.4. The molecule has 6 nitrogen and oxygen atoms in total. The van der Waals surface area contributed by atoms with Crippen LogP contribution in [0.2, 0.25) is 0 Å². The highest BCUT2D eigenvalue weighted by atomic mass is 16.6. The van der Waals surface area contributed by atoms with E-state index >= 15 is 0 Å². The van der Waals surface area contributed by atoms with Gasteiger partial charge in [0.1, 0.15) is 13.2 Å². The fraction of sp³-hybridized carbons (Fsp3) is 0.545. The maximum absolute atomic E-state index is 6.29. The molecule has 2 aromatic heterocycles. The van der Waals surface area contributed by atoms with Gasteiger partial charge in [-0.05, 0) is 22.5 Å². The van der Waals surface area contributed by atoms with Gasteiger partial charge in [0.15, 0.2) is 18.6 Å². The molecule has 1 atom stereocenters. The molecule has 6 heteroatoms. The molecule has 0 amide bonds. The Kier molecular flexibility index (Phi) is 4.40. The molecule has 0 aliphatic carbocycles. The van der Waals surface area contributed by atoms with Crippen molar-refractivity contribution in [2.45, 2.75) is 58.6 Å². The Bertz CT molecular complexity index is 897. The number of ether oxygens (including phenoxy) is 4. The smallest absolute Gasteiger partial charge is 0.415 e. The molecule has 4 rings (SSSR count).